The molecule has 0 spiro atoms. The predicted octanol–water partition coefficient (Wildman–Crippen LogP) is 14.0. The molecule has 1 aliphatic rings. The molecule has 10 rings (SSSR count). The highest BCUT2D eigenvalue weighted by Gasteiger charge is 2.26. The van der Waals surface area contributed by atoms with E-state index in [1.54, 1.807) is 11.8 Å². The van der Waals surface area contributed by atoms with Gasteiger partial charge >= 0.3 is 0 Å². The van der Waals surface area contributed by atoms with E-state index in [9.17, 15) is 0 Å². The summed E-state index contributed by atoms with van der Waals surface area (Å²) in [5.74, 6) is 0.734. The number of rotatable bonds is 8. The molecule has 1 aliphatic heterocycles. The van der Waals surface area contributed by atoms with Crippen LogP contribution in [0.2, 0.25) is 0 Å². The van der Waals surface area contributed by atoms with Crippen molar-refractivity contribution in [2.75, 3.05) is 4.90 Å². The number of hydrogen-bond acceptors (Lipinski definition) is 5. The molecule has 0 amide bonds. The molecule has 0 fully saturated rings. The van der Waals surface area contributed by atoms with Crippen LogP contribution in [0, 0.1) is 0 Å². The quantitative estimate of drug-likeness (QED) is 0.156. The second-order valence-corrected chi connectivity index (χ2v) is 14.8. The first-order valence-electron chi connectivity index (χ1n) is 18.8. The highest BCUT2D eigenvalue weighted by Crippen LogP contribution is 2.45. The van der Waals surface area contributed by atoms with E-state index < -0.39 is 0 Å². The lowest BCUT2D eigenvalue weighted by Gasteiger charge is -2.28. The maximum Gasteiger partial charge on any atom is 0.157 e. The number of amidine groups is 1. The maximum atomic E-state index is 6.61. The van der Waals surface area contributed by atoms with Gasteiger partial charge in [0.05, 0.1) is 5.69 Å². The summed E-state index contributed by atoms with van der Waals surface area (Å²) >= 11 is 1.68. The van der Waals surface area contributed by atoms with Crippen LogP contribution < -0.4 is 4.90 Å². The molecule has 1 unspecified atom stereocenters. The van der Waals surface area contributed by atoms with E-state index in [0.29, 0.717) is 0 Å². The number of hydrogen-bond donors (Lipinski definition) is 0. The third-order valence-electron chi connectivity index (χ3n) is 10.2. The Balaban J connectivity index is 1.02. The summed E-state index contributed by atoms with van der Waals surface area (Å²) in [6.45, 7) is 0. The van der Waals surface area contributed by atoms with E-state index in [-0.39, 0.29) is 5.37 Å². The van der Waals surface area contributed by atoms with E-state index in [2.05, 4.69) is 187 Å². The van der Waals surface area contributed by atoms with E-state index >= 15 is 0 Å². The van der Waals surface area contributed by atoms with Crippen LogP contribution in [0.25, 0.3) is 44.2 Å². The van der Waals surface area contributed by atoms with E-state index in [0.717, 1.165) is 77.7 Å². The molecule has 56 heavy (non-hydrogen) atoms. The number of fused-ring (bicyclic) bond motifs is 3. The van der Waals surface area contributed by atoms with Crippen molar-refractivity contribution in [1.82, 2.24) is 0 Å². The van der Waals surface area contributed by atoms with Crippen LogP contribution in [-0.4, -0.2) is 10.9 Å². The summed E-state index contributed by atoms with van der Waals surface area (Å²) in [5.41, 5.74) is 12.7. The van der Waals surface area contributed by atoms with Gasteiger partial charge in [0.2, 0.25) is 0 Å². The van der Waals surface area contributed by atoms with Crippen LogP contribution >= 0.6 is 11.8 Å². The van der Waals surface area contributed by atoms with Gasteiger partial charge in [-0.3, -0.25) is 0 Å². The Morgan fingerprint density at radius 2 is 1.07 bits per heavy atom. The van der Waals surface area contributed by atoms with Gasteiger partial charge in [0.25, 0.3) is 0 Å². The highest BCUT2D eigenvalue weighted by molar-refractivity contribution is 8.14. The fourth-order valence-electron chi connectivity index (χ4n) is 7.54. The van der Waals surface area contributed by atoms with Gasteiger partial charge in [-0.2, -0.15) is 0 Å². The first-order valence-corrected chi connectivity index (χ1v) is 19.6. The lowest BCUT2D eigenvalue weighted by molar-refractivity contribution is 0.669. The Kier molecular flexibility index (Phi) is 8.82. The van der Waals surface area contributed by atoms with E-state index in [1.807, 2.05) is 24.3 Å². The smallest absolute Gasteiger partial charge is 0.157 e. The Hall–Kier alpha value is -6.95. The maximum absolute atomic E-state index is 6.61. The molecule has 0 saturated carbocycles. The monoisotopic (exact) mass is 737 g/mol. The summed E-state index contributed by atoms with van der Waals surface area (Å²) in [6, 6.07) is 72.0. The zero-order valence-electron chi connectivity index (χ0n) is 30.4. The Morgan fingerprint density at radius 1 is 0.464 bits per heavy atom. The number of aliphatic imine (C=N–C) groups is 2. The molecule has 0 saturated heterocycles. The molecule has 0 radical (unpaired) electrons. The van der Waals surface area contributed by atoms with Gasteiger partial charge in [-0.25, -0.2) is 9.98 Å². The zero-order valence-corrected chi connectivity index (χ0v) is 31.2. The molecule has 2 heterocycles. The standard InChI is InChI=1S/C51H35N3OS/c1-5-16-36(17-6-1)42-24-13-14-26-45(42)54(40-22-11-4-12-23-40)41-31-28-35(29-32-41)39-30-33-43-47(34-39)55-46-27-15-25-44(48(43)46)51-53-49(37-18-7-2-8-19-37)52-50(56-51)38-20-9-3-10-21-38/h1-34,51H. The van der Waals surface area contributed by atoms with Gasteiger partial charge in [-0.05, 0) is 70.8 Å². The second-order valence-electron chi connectivity index (χ2n) is 13.7. The number of benzene rings is 8. The van der Waals surface area contributed by atoms with Crippen molar-refractivity contribution >= 4 is 61.6 Å². The van der Waals surface area contributed by atoms with Gasteiger partial charge in [0.15, 0.2) is 5.84 Å². The fraction of sp³-hybridized carbons (Fsp3) is 0.0196. The van der Waals surface area contributed by atoms with Crippen LogP contribution in [0.15, 0.2) is 221 Å². The lowest BCUT2D eigenvalue weighted by Crippen LogP contribution is -2.12. The average Bonchev–Trinajstić information content (AvgIpc) is 3.66. The van der Waals surface area contributed by atoms with Crippen molar-refractivity contribution in [3.63, 3.8) is 0 Å². The average molecular weight is 738 g/mol. The lowest BCUT2D eigenvalue weighted by atomic mass is 10.00. The summed E-state index contributed by atoms with van der Waals surface area (Å²) in [5, 5.41) is 2.91. The van der Waals surface area contributed by atoms with Crippen molar-refractivity contribution in [2.45, 2.75) is 5.37 Å². The third kappa shape index (κ3) is 6.38. The van der Waals surface area contributed by atoms with Crippen LogP contribution in [0.1, 0.15) is 22.1 Å². The topological polar surface area (TPSA) is 41.1 Å². The number of anilines is 3. The molecule has 266 valence electrons. The SMILES string of the molecule is c1ccc(C2=NC(c3cccc4oc5cc(-c6ccc(N(c7ccccc7)c7ccccc7-c7ccccc7)cc6)ccc5c34)SC(c3ccccc3)=N2)cc1. The summed E-state index contributed by atoms with van der Waals surface area (Å²) < 4.78 is 6.61. The second kappa shape index (κ2) is 14.7. The van der Waals surface area contributed by atoms with Crippen molar-refractivity contribution in [3.8, 4) is 22.3 Å². The Labute approximate surface area is 330 Å². The fourth-order valence-corrected chi connectivity index (χ4v) is 8.64. The van der Waals surface area contributed by atoms with Crippen LogP contribution in [0.5, 0.6) is 0 Å². The molecule has 0 bridgehead atoms. The molecule has 0 aliphatic carbocycles. The van der Waals surface area contributed by atoms with Crippen LogP contribution in [0.3, 0.4) is 0 Å². The highest BCUT2D eigenvalue weighted by atomic mass is 32.2. The minimum Gasteiger partial charge on any atom is -0.456 e. The van der Waals surface area contributed by atoms with Gasteiger partial charge in [-0.15, -0.1) is 0 Å². The number of thioether (sulfide) groups is 1. The molecular weight excluding hydrogens is 703 g/mol. The summed E-state index contributed by atoms with van der Waals surface area (Å²) in [6.07, 6.45) is 0. The van der Waals surface area contributed by atoms with Crippen LogP contribution in [0.4, 0.5) is 17.1 Å². The summed E-state index contributed by atoms with van der Waals surface area (Å²) in [4.78, 5) is 12.6. The Morgan fingerprint density at radius 3 is 1.80 bits per heavy atom. The number of para-hydroxylation sites is 2. The molecule has 5 heteroatoms. The van der Waals surface area contributed by atoms with Gasteiger partial charge in [0.1, 0.15) is 21.6 Å². The molecule has 0 N–H and O–H groups in total. The number of furan rings is 1. The normalized spacial score (nSPS) is 14.0. The van der Waals surface area contributed by atoms with Crippen molar-refractivity contribution in [2.24, 2.45) is 9.98 Å². The van der Waals surface area contributed by atoms with Crippen LogP contribution in [-0.2, 0) is 0 Å². The van der Waals surface area contributed by atoms with Gasteiger partial charge < -0.3 is 9.32 Å². The minimum absolute atomic E-state index is 0.200. The first kappa shape index (κ1) is 33.6. The molecule has 8 aromatic carbocycles. The zero-order chi connectivity index (χ0) is 37.3. The van der Waals surface area contributed by atoms with E-state index in [1.165, 1.54) is 11.1 Å². The molecule has 4 nitrogen and oxygen atoms in total. The number of nitrogens with zero attached hydrogens (tertiary/aromatic N) is 3. The first-order chi connectivity index (χ1) is 27.8. The van der Waals surface area contributed by atoms with Gasteiger partial charge in [-0.1, -0.05) is 169 Å². The third-order valence-corrected chi connectivity index (χ3v) is 11.4. The molecule has 1 atom stereocenters. The summed E-state index contributed by atoms with van der Waals surface area (Å²) in [7, 11) is 0. The predicted molar refractivity (Wildman–Crippen MR) is 236 cm³/mol. The molecule has 9 aromatic rings. The molecule has 1 aromatic heterocycles. The Bertz CT molecular complexity index is 2870. The minimum atomic E-state index is -0.200. The molecular formula is C51H35N3OS. The van der Waals surface area contributed by atoms with Crippen molar-refractivity contribution in [1.29, 1.82) is 0 Å². The largest absolute Gasteiger partial charge is 0.456 e. The van der Waals surface area contributed by atoms with Crippen molar-refractivity contribution < 1.29 is 4.42 Å². The van der Waals surface area contributed by atoms with E-state index in [4.69, 9.17) is 14.4 Å². The van der Waals surface area contributed by atoms with Gasteiger partial charge in [0, 0.05) is 38.8 Å². The van der Waals surface area contributed by atoms with Crippen molar-refractivity contribution in [3.05, 3.63) is 223 Å².